The van der Waals surface area contributed by atoms with E-state index in [1.807, 2.05) is 13.0 Å². The third kappa shape index (κ3) is 1.68. The number of hydrogen-bond donors (Lipinski definition) is 1. The molecule has 1 N–H and O–H groups in total. The van der Waals surface area contributed by atoms with E-state index in [9.17, 15) is 10.1 Å². The zero-order valence-electron chi connectivity index (χ0n) is 9.00. The van der Waals surface area contributed by atoms with Crippen molar-refractivity contribution in [3.63, 3.8) is 0 Å². The average molecular weight is 330 g/mol. The Morgan fingerprint density at radius 1 is 1.50 bits per heavy atom. The highest BCUT2D eigenvalue weighted by Crippen LogP contribution is 2.31. The Hall–Kier alpha value is -1.11. The molecule has 1 aromatic carbocycles. The van der Waals surface area contributed by atoms with Gasteiger partial charge in [-0.05, 0) is 47.6 Å². The van der Waals surface area contributed by atoms with Gasteiger partial charge in [-0.1, -0.05) is 6.92 Å². The van der Waals surface area contributed by atoms with Gasteiger partial charge in [-0.15, -0.1) is 0 Å². The third-order valence-corrected chi connectivity index (χ3v) is 3.35. The summed E-state index contributed by atoms with van der Waals surface area (Å²) in [4.78, 5) is 13.7. The number of halogens is 1. The van der Waals surface area contributed by atoms with Crippen LogP contribution in [0.4, 0.5) is 5.69 Å². The van der Waals surface area contributed by atoms with Gasteiger partial charge in [0.15, 0.2) is 0 Å². The quantitative estimate of drug-likeness (QED) is 0.520. The van der Waals surface area contributed by atoms with Crippen molar-refractivity contribution in [3.05, 3.63) is 37.1 Å². The topological polar surface area (TPSA) is 58.9 Å². The molecule has 0 bridgehead atoms. The van der Waals surface area contributed by atoms with E-state index in [4.69, 9.17) is 0 Å². The standard InChI is InChI=1S/C11H11IN2O2/c1-3-8-6(2)13-11-9(8)4-7(12)5-10(11)14(15)16/h4-5,13H,3H2,1-2H3. The number of benzene rings is 1. The molecule has 1 heterocycles. The summed E-state index contributed by atoms with van der Waals surface area (Å²) in [5, 5.41) is 11.9. The Morgan fingerprint density at radius 2 is 2.19 bits per heavy atom. The maximum atomic E-state index is 11.0. The first-order chi connectivity index (χ1) is 7.54. The normalized spacial score (nSPS) is 10.9. The summed E-state index contributed by atoms with van der Waals surface area (Å²) in [7, 11) is 0. The fourth-order valence-electron chi connectivity index (χ4n) is 2.03. The minimum absolute atomic E-state index is 0.157. The number of nitrogens with one attached hydrogen (secondary N) is 1. The van der Waals surface area contributed by atoms with Gasteiger partial charge >= 0.3 is 0 Å². The lowest BCUT2D eigenvalue weighted by atomic mass is 10.1. The Kier molecular flexibility index (Phi) is 2.88. The lowest BCUT2D eigenvalue weighted by Gasteiger charge is -1.98. The number of non-ortho nitro benzene ring substituents is 1. The van der Waals surface area contributed by atoms with Crippen LogP contribution in [0.1, 0.15) is 18.2 Å². The van der Waals surface area contributed by atoms with Crippen molar-refractivity contribution < 1.29 is 4.92 Å². The molecule has 1 aromatic heterocycles. The second-order valence-corrected chi connectivity index (χ2v) is 4.93. The summed E-state index contributed by atoms with van der Waals surface area (Å²) < 4.78 is 0.894. The van der Waals surface area contributed by atoms with Crippen LogP contribution in [-0.4, -0.2) is 9.91 Å². The second kappa shape index (κ2) is 4.04. The molecule has 0 aliphatic rings. The number of rotatable bonds is 2. The van der Waals surface area contributed by atoms with Gasteiger partial charge in [0.2, 0.25) is 0 Å². The van der Waals surface area contributed by atoms with E-state index in [0.717, 1.165) is 26.6 Å². The average Bonchev–Trinajstić information content (AvgIpc) is 2.52. The highest BCUT2D eigenvalue weighted by Gasteiger charge is 2.18. The van der Waals surface area contributed by atoms with Crippen LogP contribution in [0.15, 0.2) is 12.1 Å². The minimum atomic E-state index is -0.333. The van der Waals surface area contributed by atoms with E-state index in [0.29, 0.717) is 5.52 Å². The largest absolute Gasteiger partial charge is 0.353 e. The molecular weight excluding hydrogens is 319 g/mol. The molecule has 5 heteroatoms. The van der Waals surface area contributed by atoms with Crippen LogP contribution in [0, 0.1) is 20.6 Å². The van der Waals surface area contributed by atoms with Crippen molar-refractivity contribution in [1.82, 2.24) is 4.98 Å². The molecule has 0 amide bonds. The van der Waals surface area contributed by atoms with Crippen molar-refractivity contribution in [3.8, 4) is 0 Å². The molecule has 4 nitrogen and oxygen atoms in total. The van der Waals surface area contributed by atoms with E-state index in [1.54, 1.807) is 6.07 Å². The van der Waals surface area contributed by atoms with E-state index in [2.05, 4.69) is 34.5 Å². The van der Waals surface area contributed by atoms with Crippen molar-refractivity contribution in [2.24, 2.45) is 0 Å². The number of H-pyrrole nitrogens is 1. The lowest BCUT2D eigenvalue weighted by Crippen LogP contribution is -1.90. The molecule has 0 saturated carbocycles. The molecule has 0 aliphatic heterocycles. The molecule has 0 saturated heterocycles. The Bertz CT molecular complexity index is 575. The monoisotopic (exact) mass is 330 g/mol. The summed E-state index contributed by atoms with van der Waals surface area (Å²) in [6.07, 6.45) is 0.878. The van der Waals surface area contributed by atoms with E-state index < -0.39 is 0 Å². The summed E-state index contributed by atoms with van der Waals surface area (Å²) in [5.74, 6) is 0. The molecule has 0 radical (unpaired) electrons. The van der Waals surface area contributed by atoms with Crippen LogP contribution in [0.5, 0.6) is 0 Å². The SMILES string of the molecule is CCc1c(C)[nH]c2c([N+](=O)[O-])cc(I)cc12. The van der Waals surface area contributed by atoms with Gasteiger partial charge < -0.3 is 4.98 Å². The lowest BCUT2D eigenvalue weighted by molar-refractivity contribution is -0.383. The van der Waals surface area contributed by atoms with Crippen molar-refractivity contribution in [2.75, 3.05) is 0 Å². The second-order valence-electron chi connectivity index (χ2n) is 3.69. The predicted molar refractivity (Wildman–Crippen MR) is 71.8 cm³/mol. The number of aryl methyl sites for hydroxylation is 2. The predicted octanol–water partition coefficient (Wildman–Crippen LogP) is 3.55. The number of hydrogen-bond acceptors (Lipinski definition) is 2. The molecule has 2 aromatic rings. The number of fused-ring (bicyclic) bond motifs is 1. The van der Waals surface area contributed by atoms with E-state index in [-0.39, 0.29) is 10.6 Å². The van der Waals surface area contributed by atoms with Gasteiger partial charge in [-0.3, -0.25) is 10.1 Å². The number of nitrogens with zero attached hydrogens (tertiary/aromatic N) is 1. The van der Waals surface area contributed by atoms with Crippen LogP contribution >= 0.6 is 22.6 Å². The molecule has 0 spiro atoms. The molecule has 0 atom stereocenters. The van der Waals surface area contributed by atoms with Gasteiger partial charge in [0, 0.05) is 20.7 Å². The number of aromatic nitrogens is 1. The molecule has 0 aliphatic carbocycles. The Morgan fingerprint density at radius 3 is 2.75 bits per heavy atom. The summed E-state index contributed by atoms with van der Waals surface area (Å²) in [6, 6.07) is 3.59. The van der Waals surface area contributed by atoms with Gasteiger partial charge in [0.1, 0.15) is 5.52 Å². The first kappa shape index (κ1) is 11.4. The maximum absolute atomic E-state index is 11.0. The van der Waals surface area contributed by atoms with Crippen LogP contribution in [-0.2, 0) is 6.42 Å². The Labute approximate surface area is 106 Å². The van der Waals surface area contributed by atoms with Gasteiger partial charge in [0.25, 0.3) is 5.69 Å². The molecule has 0 unspecified atom stereocenters. The smallest absolute Gasteiger partial charge is 0.294 e. The fourth-order valence-corrected chi connectivity index (χ4v) is 2.63. The zero-order valence-corrected chi connectivity index (χ0v) is 11.2. The molecule has 0 fully saturated rings. The molecule has 84 valence electrons. The third-order valence-electron chi connectivity index (χ3n) is 2.72. The first-order valence-corrected chi connectivity index (χ1v) is 6.07. The minimum Gasteiger partial charge on any atom is -0.353 e. The van der Waals surface area contributed by atoms with Crippen molar-refractivity contribution in [1.29, 1.82) is 0 Å². The van der Waals surface area contributed by atoms with Crippen molar-refractivity contribution in [2.45, 2.75) is 20.3 Å². The van der Waals surface area contributed by atoms with Crippen LogP contribution < -0.4 is 0 Å². The molecule has 16 heavy (non-hydrogen) atoms. The van der Waals surface area contributed by atoms with Crippen LogP contribution in [0.3, 0.4) is 0 Å². The van der Waals surface area contributed by atoms with Gasteiger partial charge in [0.05, 0.1) is 4.92 Å². The van der Waals surface area contributed by atoms with Gasteiger partial charge in [-0.2, -0.15) is 0 Å². The van der Waals surface area contributed by atoms with E-state index in [1.165, 1.54) is 0 Å². The summed E-state index contributed by atoms with van der Waals surface area (Å²) in [5.41, 5.74) is 2.98. The number of nitro benzene ring substituents is 1. The summed E-state index contributed by atoms with van der Waals surface area (Å²) >= 11 is 2.11. The number of aromatic amines is 1. The highest BCUT2D eigenvalue weighted by molar-refractivity contribution is 14.1. The maximum Gasteiger partial charge on any atom is 0.294 e. The summed E-state index contributed by atoms with van der Waals surface area (Å²) in [6.45, 7) is 4.01. The molecular formula is C11H11IN2O2. The molecule has 2 rings (SSSR count). The zero-order chi connectivity index (χ0) is 11.9. The highest BCUT2D eigenvalue weighted by atomic mass is 127. The van der Waals surface area contributed by atoms with Crippen LogP contribution in [0.2, 0.25) is 0 Å². The van der Waals surface area contributed by atoms with Crippen LogP contribution in [0.25, 0.3) is 10.9 Å². The fraction of sp³-hybridized carbons (Fsp3) is 0.273. The Balaban J connectivity index is 2.88. The first-order valence-electron chi connectivity index (χ1n) is 4.99. The number of nitro groups is 1. The van der Waals surface area contributed by atoms with Gasteiger partial charge in [-0.25, -0.2) is 0 Å². The van der Waals surface area contributed by atoms with E-state index >= 15 is 0 Å². The van der Waals surface area contributed by atoms with Crippen molar-refractivity contribution >= 4 is 39.2 Å².